The number of nitrogens with one attached hydrogen (secondary N) is 1. The van der Waals surface area contributed by atoms with Crippen molar-refractivity contribution in [3.63, 3.8) is 0 Å². The first-order valence-corrected chi connectivity index (χ1v) is 10.3. The third kappa shape index (κ3) is 3.90. The molecule has 30 heavy (non-hydrogen) atoms. The van der Waals surface area contributed by atoms with E-state index >= 15 is 0 Å². The average Bonchev–Trinajstić information content (AvgIpc) is 3.44. The van der Waals surface area contributed by atoms with Gasteiger partial charge in [-0.3, -0.25) is 4.79 Å². The van der Waals surface area contributed by atoms with Gasteiger partial charge in [0.1, 0.15) is 10.6 Å². The quantitative estimate of drug-likeness (QED) is 0.385. The molecule has 2 aromatic heterocycles. The van der Waals surface area contributed by atoms with Gasteiger partial charge in [0, 0.05) is 10.4 Å². The van der Waals surface area contributed by atoms with Crippen LogP contribution in [-0.4, -0.2) is 18.5 Å². The minimum atomic E-state index is -0.482. The van der Waals surface area contributed by atoms with E-state index < -0.39 is 11.9 Å². The van der Waals surface area contributed by atoms with Crippen molar-refractivity contribution in [2.75, 3.05) is 11.9 Å². The van der Waals surface area contributed by atoms with Crippen molar-refractivity contribution in [1.29, 1.82) is 0 Å². The monoisotopic (exact) mass is 417 g/mol. The summed E-state index contributed by atoms with van der Waals surface area (Å²) >= 11 is 1.34. The maximum atomic E-state index is 13.0. The fourth-order valence-corrected chi connectivity index (χ4v) is 4.37. The molecule has 5 nitrogen and oxygen atoms in total. The van der Waals surface area contributed by atoms with Crippen molar-refractivity contribution in [1.82, 2.24) is 0 Å². The molecule has 0 unspecified atom stereocenters. The van der Waals surface area contributed by atoms with Crippen molar-refractivity contribution >= 4 is 28.2 Å². The van der Waals surface area contributed by atoms with Gasteiger partial charge in [0.2, 0.25) is 0 Å². The van der Waals surface area contributed by atoms with E-state index in [1.165, 1.54) is 17.6 Å². The molecule has 6 heteroatoms. The molecule has 0 radical (unpaired) electrons. The number of hydrogen-bond donors (Lipinski definition) is 1. The predicted octanol–water partition coefficient (Wildman–Crippen LogP) is 6.10. The van der Waals surface area contributed by atoms with E-state index in [1.54, 1.807) is 19.1 Å². The molecule has 1 N–H and O–H groups in total. The maximum absolute atomic E-state index is 13.0. The van der Waals surface area contributed by atoms with Crippen LogP contribution in [0.3, 0.4) is 0 Å². The molecule has 0 aliphatic heterocycles. The summed E-state index contributed by atoms with van der Waals surface area (Å²) in [6, 6.07) is 22.6. The number of hydrogen-bond acceptors (Lipinski definition) is 5. The van der Waals surface area contributed by atoms with Gasteiger partial charge in [0.25, 0.3) is 5.91 Å². The first kappa shape index (κ1) is 19.7. The number of benzene rings is 2. The van der Waals surface area contributed by atoms with Gasteiger partial charge in [0.15, 0.2) is 5.76 Å². The van der Waals surface area contributed by atoms with Crippen LogP contribution in [0.5, 0.6) is 0 Å². The highest BCUT2D eigenvalue weighted by molar-refractivity contribution is 7.20. The molecule has 2 aromatic carbocycles. The van der Waals surface area contributed by atoms with Crippen LogP contribution in [0, 0.1) is 0 Å². The molecule has 0 bridgehead atoms. The highest BCUT2D eigenvalue weighted by Gasteiger charge is 2.28. The second-order valence-corrected chi connectivity index (χ2v) is 7.41. The first-order chi connectivity index (χ1) is 14.7. The number of carbonyl (C=O) groups excluding carboxylic acids is 2. The molecule has 0 aliphatic carbocycles. The Balaban J connectivity index is 1.92. The second kappa shape index (κ2) is 8.80. The van der Waals surface area contributed by atoms with Crippen LogP contribution in [0.25, 0.3) is 21.6 Å². The number of esters is 1. The van der Waals surface area contributed by atoms with Crippen molar-refractivity contribution in [2.24, 2.45) is 0 Å². The van der Waals surface area contributed by atoms with Gasteiger partial charge < -0.3 is 14.5 Å². The fourth-order valence-electron chi connectivity index (χ4n) is 3.16. The van der Waals surface area contributed by atoms with E-state index in [0.717, 1.165) is 21.6 Å². The Morgan fingerprint density at radius 1 is 0.933 bits per heavy atom. The summed E-state index contributed by atoms with van der Waals surface area (Å²) in [5.41, 5.74) is 2.89. The zero-order valence-electron chi connectivity index (χ0n) is 16.3. The van der Waals surface area contributed by atoms with Gasteiger partial charge in [-0.05, 0) is 30.2 Å². The Morgan fingerprint density at radius 3 is 2.20 bits per heavy atom. The number of rotatable bonds is 6. The zero-order valence-corrected chi connectivity index (χ0v) is 17.1. The number of anilines is 1. The van der Waals surface area contributed by atoms with Gasteiger partial charge >= 0.3 is 5.97 Å². The molecule has 0 atom stereocenters. The van der Waals surface area contributed by atoms with Gasteiger partial charge in [-0.15, -0.1) is 11.3 Å². The molecular formula is C24H19NO4S. The van der Waals surface area contributed by atoms with Gasteiger partial charge in [0.05, 0.1) is 12.9 Å². The van der Waals surface area contributed by atoms with Crippen LogP contribution in [0.4, 0.5) is 5.00 Å². The summed E-state index contributed by atoms with van der Waals surface area (Å²) in [5.74, 6) is -0.740. The molecule has 0 saturated carbocycles. The third-order valence-electron chi connectivity index (χ3n) is 4.46. The normalized spacial score (nSPS) is 10.6. The fraction of sp³-hybridized carbons (Fsp3) is 0.0833. The van der Waals surface area contributed by atoms with Gasteiger partial charge in [-0.25, -0.2) is 4.79 Å². The maximum Gasteiger partial charge on any atom is 0.341 e. The summed E-state index contributed by atoms with van der Waals surface area (Å²) in [6.07, 6.45) is 1.43. The number of carbonyl (C=O) groups is 2. The molecule has 0 spiro atoms. The molecule has 2 heterocycles. The van der Waals surface area contributed by atoms with Crippen LogP contribution < -0.4 is 5.32 Å². The SMILES string of the molecule is CCOC(=O)c1c(NC(=O)c2ccco2)sc(-c2ccccc2)c1-c1ccccc1. The molecule has 150 valence electrons. The topological polar surface area (TPSA) is 68.5 Å². The number of thiophene rings is 1. The lowest BCUT2D eigenvalue weighted by Gasteiger charge is -2.09. The highest BCUT2D eigenvalue weighted by Crippen LogP contribution is 2.46. The van der Waals surface area contributed by atoms with Crippen LogP contribution in [0.1, 0.15) is 27.8 Å². The lowest BCUT2D eigenvalue weighted by atomic mass is 9.98. The Bertz CT molecular complexity index is 1150. The Hall–Kier alpha value is -3.64. The summed E-state index contributed by atoms with van der Waals surface area (Å²) in [4.78, 5) is 26.5. The van der Waals surface area contributed by atoms with Gasteiger partial charge in [-0.1, -0.05) is 60.7 Å². The molecule has 4 aromatic rings. The van der Waals surface area contributed by atoms with E-state index in [2.05, 4.69) is 5.32 Å². The molecular weight excluding hydrogens is 398 g/mol. The predicted molar refractivity (Wildman–Crippen MR) is 118 cm³/mol. The van der Waals surface area contributed by atoms with Crippen LogP contribution >= 0.6 is 11.3 Å². The van der Waals surface area contributed by atoms with Crippen molar-refractivity contribution in [3.8, 4) is 21.6 Å². The van der Waals surface area contributed by atoms with E-state index in [4.69, 9.17) is 9.15 Å². The minimum absolute atomic E-state index is 0.167. The lowest BCUT2D eigenvalue weighted by Crippen LogP contribution is -2.14. The summed E-state index contributed by atoms with van der Waals surface area (Å²) in [5, 5.41) is 3.26. The van der Waals surface area contributed by atoms with Gasteiger partial charge in [-0.2, -0.15) is 0 Å². The Morgan fingerprint density at radius 2 is 1.60 bits per heavy atom. The van der Waals surface area contributed by atoms with E-state index in [9.17, 15) is 9.59 Å². The van der Waals surface area contributed by atoms with Crippen LogP contribution in [-0.2, 0) is 4.74 Å². The number of furan rings is 1. The molecule has 0 saturated heterocycles. The summed E-state index contributed by atoms with van der Waals surface area (Å²) in [7, 11) is 0. The van der Waals surface area contributed by atoms with Crippen LogP contribution in [0.15, 0.2) is 83.5 Å². The molecule has 1 amide bonds. The highest BCUT2D eigenvalue weighted by atomic mass is 32.1. The lowest BCUT2D eigenvalue weighted by molar-refractivity contribution is 0.0529. The molecule has 0 fully saturated rings. The Kier molecular flexibility index (Phi) is 5.77. The minimum Gasteiger partial charge on any atom is -0.462 e. The van der Waals surface area contributed by atoms with E-state index in [-0.39, 0.29) is 12.4 Å². The van der Waals surface area contributed by atoms with E-state index in [1.807, 2.05) is 60.7 Å². The number of amides is 1. The summed E-state index contributed by atoms with van der Waals surface area (Å²) < 4.78 is 10.5. The van der Waals surface area contributed by atoms with Crippen molar-refractivity contribution in [2.45, 2.75) is 6.92 Å². The Labute approximate surface area is 177 Å². The molecule has 0 aliphatic rings. The van der Waals surface area contributed by atoms with Crippen LogP contribution in [0.2, 0.25) is 0 Å². The first-order valence-electron chi connectivity index (χ1n) is 9.48. The average molecular weight is 417 g/mol. The van der Waals surface area contributed by atoms with Crippen molar-refractivity contribution < 1.29 is 18.7 Å². The standard InChI is InChI=1S/C24H19NO4S/c1-2-28-24(27)20-19(16-10-5-3-6-11-16)21(17-12-7-4-8-13-17)30-23(20)25-22(26)18-14-9-15-29-18/h3-15H,2H2,1H3,(H,25,26). The molecule has 4 rings (SSSR count). The van der Waals surface area contributed by atoms with E-state index in [0.29, 0.717) is 10.6 Å². The smallest absolute Gasteiger partial charge is 0.341 e. The van der Waals surface area contributed by atoms with Crippen molar-refractivity contribution in [3.05, 3.63) is 90.4 Å². The zero-order chi connectivity index (χ0) is 20.9. The third-order valence-corrected chi connectivity index (χ3v) is 5.61. The second-order valence-electron chi connectivity index (χ2n) is 6.39. The largest absolute Gasteiger partial charge is 0.462 e. The summed E-state index contributed by atoms with van der Waals surface area (Å²) in [6.45, 7) is 1.99. The number of ether oxygens (including phenoxy) is 1.